The van der Waals surface area contributed by atoms with E-state index in [1.165, 1.54) is 23.1 Å². The van der Waals surface area contributed by atoms with Gasteiger partial charge in [0.15, 0.2) is 0 Å². The molecule has 0 spiro atoms. The quantitative estimate of drug-likeness (QED) is 0.126. The van der Waals surface area contributed by atoms with Crippen molar-refractivity contribution >= 4 is 66.6 Å². The first-order valence-electron chi connectivity index (χ1n) is 15.5. The number of carbonyl (C=O) groups is 7. The summed E-state index contributed by atoms with van der Waals surface area (Å²) in [6.45, 7) is 0.197. The Kier molecular flexibility index (Phi) is 9.51. The van der Waals surface area contributed by atoms with E-state index >= 15 is 0 Å². The Morgan fingerprint density at radius 2 is 1.51 bits per heavy atom. The molecule has 4 aliphatic heterocycles. The topological polar surface area (TPSA) is 238 Å². The molecule has 2 saturated heterocycles. The lowest BCUT2D eigenvalue weighted by molar-refractivity contribution is -0.197. The van der Waals surface area contributed by atoms with Crippen molar-refractivity contribution < 1.29 is 62.9 Å². The van der Waals surface area contributed by atoms with Crippen molar-refractivity contribution in [2.75, 3.05) is 6.54 Å². The van der Waals surface area contributed by atoms with Crippen LogP contribution in [0.3, 0.4) is 0 Å². The first-order chi connectivity index (χ1) is 23.4. The molecule has 0 unspecified atom stereocenters. The zero-order valence-corrected chi connectivity index (χ0v) is 25.8. The summed E-state index contributed by atoms with van der Waals surface area (Å²) < 4.78 is 10.4. The molecule has 2 aromatic carbocycles. The molecule has 19 heteroatoms. The maximum atomic E-state index is 13.8. The molecule has 6 rings (SSSR count). The third kappa shape index (κ3) is 7.05. The van der Waals surface area contributed by atoms with Gasteiger partial charge in [0, 0.05) is 36.6 Å². The predicted molar refractivity (Wildman–Crippen MR) is 164 cm³/mol. The van der Waals surface area contributed by atoms with Gasteiger partial charge in [-0.05, 0) is 59.2 Å². The molecule has 0 bridgehead atoms. The molecule has 5 amide bonds. The van der Waals surface area contributed by atoms with Gasteiger partial charge in [0.2, 0.25) is 5.91 Å². The van der Waals surface area contributed by atoms with Gasteiger partial charge >= 0.3 is 26.2 Å². The van der Waals surface area contributed by atoms with Gasteiger partial charge in [-0.25, -0.2) is 9.59 Å². The summed E-state index contributed by atoms with van der Waals surface area (Å²) >= 11 is 0. The normalized spacial score (nSPS) is 20.3. The number of imide groups is 1. The SMILES string of the molecule is O=C(CC[C@H](NC(=O)[C@@H]1C[C@@H](NC(=O)c2ccc3c(c2)B(O)OC3)CN1C(=O)c1ccc2c(c1)B(O)OC2)C(=O)O)ON1C(=O)CCC1=O. The molecule has 3 atom stereocenters. The number of nitrogens with one attached hydrogen (secondary N) is 2. The van der Waals surface area contributed by atoms with Crippen LogP contribution >= 0.6 is 0 Å². The Bertz CT molecular complexity index is 1740. The zero-order chi connectivity index (χ0) is 35.0. The Labute approximate surface area is 278 Å². The average molecular weight is 676 g/mol. The molecular weight excluding hydrogens is 646 g/mol. The first kappa shape index (κ1) is 33.8. The molecule has 4 aliphatic rings. The molecule has 2 aromatic rings. The number of hydrogen-bond donors (Lipinski definition) is 5. The van der Waals surface area contributed by atoms with E-state index in [2.05, 4.69) is 10.6 Å². The number of carbonyl (C=O) groups excluding carboxylic acids is 6. The summed E-state index contributed by atoms with van der Waals surface area (Å²) in [7, 11) is -2.42. The summed E-state index contributed by atoms with van der Waals surface area (Å²) in [6, 6.07) is 5.58. The minimum atomic E-state index is -1.62. The molecule has 0 aromatic heterocycles. The van der Waals surface area contributed by atoms with E-state index < -0.39 is 86.7 Å². The van der Waals surface area contributed by atoms with Crippen LogP contribution in [-0.4, -0.2) is 105 Å². The number of rotatable bonds is 10. The Morgan fingerprint density at radius 3 is 2.12 bits per heavy atom. The molecule has 0 saturated carbocycles. The minimum absolute atomic E-state index is 0.107. The monoisotopic (exact) mass is 676 g/mol. The van der Waals surface area contributed by atoms with Gasteiger partial charge in [-0.1, -0.05) is 12.1 Å². The Balaban J connectivity index is 1.17. The Morgan fingerprint density at radius 1 is 0.918 bits per heavy atom. The van der Waals surface area contributed by atoms with Gasteiger partial charge in [0.25, 0.3) is 23.6 Å². The smallest absolute Gasteiger partial charge is 0.480 e. The van der Waals surface area contributed by atoms with Gasteiger partial charge in [-0.2, -0.15) is 0 Å². The number of hydroxylamine groups is 2. The fraction of sp³-hybridized carbons (Fsp3) is 0.367. The second-order valence-electron chi connectivity index (χ2n) is 12.0. The van der Waals surface area contributed by atoms with Crippen molar-refractivity contribution in [3.63, 3.8) is 0 Å². The largest absolute Gasteiger partial charge is 0.491 e. The number of amides is 5. The van der Waals surface area contributed by atoms with E-state index in [-0.39, 0.29) is 50.1 Å². The summed E-state index contributed by atoms with van der Waals surface area (Å²) in [4.78, 5) is 94.5. The highest BCUT2D eigenvalue weighted by molar-refractivity contribution is 6.62. The Hall–Kier alpha value is -5.10. The van der Waals surface area contributed by atoms with Gasteiger partial charge in [-0.3, -0.25) is 24.0 Å². The number of benzene rings is 2. The van der Waals surface area contributed by atoms with Crippen LogP contribution in [0, 0.1) is 0 Å². The predicted octanol–water partition coefficient (Wildman–Crippen LogP) is -2.91. The van der Waals surface area contributed by atoms with E-state index in [0.717, 1.165) is 5.56 Å². The van der Waals surface area contributed by atoms with Crippen LogP contribution in [0.5, 0.6) is 0 Å². The van der Waals surface area contributed by atoms with E-state index in [0.29, 0.717) is 21.6 Å². The highest BCUT2D eigenvalue weighted by Crippen LogP contribution is 2.24. The lowest BCUT2D eigenvalue weighted by Gasteiger charge is -2.25. The summed E-state index contributed by atoms with van der Waals surface area (Å²) in [5.41, 5.74) is 2.55. The molecule has 4 heterocycles. The third-order valence-electron chi connectivity index (χ3n) is 8.78. The number of fused-ring (bicyclic) bond motifs is 2. The van der Waals surface area contributed by atoms with Crippen molar-refractivity contribution in [1.29, 1.82) is 0 Å². The molecule has 5 N–H and O–H groups in total. The average Bonchev–Trinajstić information content (AvgIpc) is 3.85. The van der Waals surface area contributed by atoms with E-state index in [4.69, 9.17) is 14.1 Å². The van der Waals surface area contributed by atoms with Crippen molar-refractivity contribution in [2.24, 2.45) is 0 Å². The van der Waals surface area contributed by atoms with Gasteiger partial charge in [0.05, 0.1) is 19.6 Å². The highest BCUT2D eigenvalue weighted by atomic mass is 16.7. The summed E-state index contributed by atoms with van der Waals surface area (Å²) in [5, 5.41) is 35.5. The highest BCUT2D eigenvalue weighted by Gasteiger charge is 2.42. The molecule has 0 aliphatic carbocycles. The minimum Gasteiger partial charge on any atom is -0.480 e. The van der Waals surface area contributed by atoms with Gasteiger partial charge in [0.1, 0.15) is 12.1 Å². The number of hydrogen-bond acceptors (Lipinski definition) is 12. The van der Waals surface area contributed by atoms with Crippen molar-refractivity contribution in [3.05, 3.63) is 58.7 Å². The van der Waals surface area contributed by atoms with Crippen LogP contribution in [0.25, 0.3) is 0 Å². The number of likely N-dealkylation sites (tertiary alicyclic amines) is 1. The van der Waals surface area contributed by atoms with Gasteiger partial charge < -0.3 is 44.8 Å². The fourth-order valence-electron chi connectivity index (χ4n) is 6.14. The maximum Gasteiger partial charge on any atom is 0.491 e. The third-order valence-corrected chi connectivity index (χ3v) is 8.78. The number of aliphatic carboxylic acids is 1. The standard InChI is InChI=1S/C30H30B2N4O13/c37-24-6-7-25(38)36(24)49-26(39)8-5-22(30(43)44)34-28(41)23-11-19(33-27(40)15-1-3-17-13-47-31(45)20(17)9-15)12-35(23)29(42)16-2-4-18-14-48-32(46)21(18)10-16/h1-4,9-10,19,22-23,45-46H,5-8,11-14H2,(H,33,40)(H,34,41)(H,43,44)/t19-,22+,23+/m1/s1. The van der Waals surface area contributed by atoms with Crippen LogP contribution in [-0.2, 0) is 51.3 Å². The van der Waals surface area contributed by atoms with Crippen LogP contribution < -0.4 is 21.6 Å². The fourth-order valence-corrected chi connectivity index (χ4v) is 6.14. The molecule has 2 fully saturated rings. The van der Waals surface area contributed by atoms with Crippen molar-refractivity contribution in [3.8, 4) is 0 Å². The van der Waals surface area contributed by atoms with Gasteiger partial charge in [-0.15, -0.1) is 5.06 Å². The maximum absolute atomic E-state index is 13.8. The lowest BCUT2D eigenvalue weighted by Crippen LogP contribution is -2.51. The second kappa shape index (κ2) is 13.8. The van der Waals surface area contributed by atoms with E-state index in [9.17, 15) is 48.7 Å². The number of carboxylic acid groups (broad SMARTS) is 1. The van der Waals surface area contributed by atoms with Crippen molar-refractivity contribution in [2.45, 2.75) is 63.4 Å². The van der Waals surface area contributed by atoms with Crippen LogP contribution in [0.15, 0.2) is 36.4 Å². The number of nitrogens with zero attached hydrogens (tertiary/aromatic N) is 2. The van der Waals surface area contributed by atoms with Crippen LogP contribution in [0.2, 0.25) is 0 Å². The molecule has 0 radical (unpaired) electrons. The zero-order valence-electron chi connectivity index (χ0n) is 25.8. The molecular formula is C30H30B2N4O13. The van der Waals surface area contributed by atoms with Crippen molar-refractivity contribution in [1.82, 2.24) is 20.6 Å². The van der Waals surface area contributed by atoms with Crippen LogP contribution in [0.1, 0.15) is 63.9 Å². The first-order valence-corrected chi connectivity index (χ1v) is 15.5. The van der Waals surface area contributed by atoms with E-state index in [1.807, 2.05) is 0 Å². The number of carboxylic acids is 1. The lowest BCUT2D eigenvalue weighted by atomic mass is 9.78. The molecule has 254 valence electrons. The summed E-state index contributed by atoms with van der Waals surface area (Å²) in [6.07, 6.45) is -1.38. The van der Waals surface area contributed by atoms with E-state index in [1.54, 1.807) is 18.2 Å². The second-order valence-corrected chi connectivity index (χ2v) is 12.0. The molecule has 49 heavy (non-hydrogen) atoms. The van der Waals surface area contributed by atoms with Crippen LogP contribution in [0.4, 0.5) is 0 Å². The molecule has 17 nitrogen and oxygen atoms in total. The summed E-state index contributed by atoms with van der Waals surface area (Å²) in [5.74, 6) is -6.02.